The molecule has 3 aromatic heterocycles. The van der Waals surface area contributed by atoms with Gasteiger partial charge in [-0.1, -0.05) is 6.07 Å². The van der Waals surface area contributed by atoms with Gasteiger partial charge in [-0.05, 0) is 49.2 Å². The van der Waals surface area contributed by atoms with Gasteiger partial charge in [0.25, 0.3) is 5.92 Å². The molecule has 0 saturated carbocycles. The number of likely N-dealkylation sites (tertiary alicyclic amines) is 1. The van der Waals surface area contributed by atoms with Gasteiger partial charge in [-0.2, -0.15) is 0 Å². The zero-order valence-electron chi connectivity index (χ0n) is 24.0. The van der Waals surface area contributed by atoms with Gasteiger partial charge < -0.3 is 10.2 Å². The molecule has 2 saturated heterocycles. The largest absolute Gasteiger partial charge is 0.386 e. The minimum Gasteiger partial charge on any atom is -0.386 e. The first-order chi connectivity index (χ1) is 20.6. The van der Waals surface area contributed by atoms with Gasteiger partial charge in [-0.3, -0.25) is 9.47 Å². The van der Waals surface area contributed by atoms with Crippen LogP contribution in [0.5, 0.6) is 0 Å². The third-order valence-corrected chi connectivity index (χ3v) is 10.8. The number of hydrogen-bond acceptors (Lipinski definition) is 8. The minimum absolute atomic E-state index is 0.132. The molecule has 4 aromatic rings. The fraction of sp³-hybridized carbons (Fsp3) is 0.467. The fourth-order valence-corrected chi connectivity index (χ4v) is 7.85. The first-order valence-electron chi connectivity index (χ1n) is 14.6. The fourth-order valence-electron chi connectivity index (χ4n) is 5.76. The van der Waals surface area contributed by atoms with Crippen LogP contribution in [-0.2, 0) is 22.8 Å². The van der Waals surface area contributed by atoms with E-state index in [2.05, 4.69) is 10.2 Å². The number of aromatic nitrogens is 3. The Labute approximate surface area is 253 Å². The normalized spacial score (nSPS) is 19.2. The Hall–Kier alpha value is -3.00. The SMILES string of the molecule is CNc1ccc(-c2ccc3c(CCCN4CCS(=O)(=O)CC4)cn(-c4csc(CN5CCC(F)(F)CC5)n4)c3n2)cc1F. The highest BCUT2D eigenvalue weighted by Crippen LogP contribution is 2.31. The third-order valence-electron chi connectivity index (χ3n) is 8.36. The van der Waals surface area contributed by atoms with E-state index >= 15 is 0 Å². The molecule has 43 heavy (non-hydrogen) atoms. The Balaban J connectivity index is 1.27. The number of aryl methyl sites for hydroxylation is 1. The van der Waals surface area contributed by atoms with Gasteiger partial charge >= 0.3 is 0 Å². The van der Waals surface area contributed by atoms with Crippen molar-refractivity contribution in [2.75, 3.05) is 56.6 Å². The van der Waals surface area contributed by atoms with Crippen molar-refractivity contribution < 1.29 is 21.6 Å². The molecule has 0 amide bonds. The Kier molecular flexibility index (Phi) is 8.51. The topological polar surface area (TPSA) is 83.4 Å². The van der Waals surface area contributed by atoms with Crippen molar-refractivity contribution in [3.8, 4) is 17.1 Å². The number of benzene rings is 1. The van der Waals surface area contributed by atoms with E-state index in [9.17, 15) is 21.6 Å². The summed E-state index contributed by atoms with van der Waals surface area (Å²) < 4.78 is 67.4. The lowest BCUT2D eigenvalue weighted by atomic mass is 10.1. The first kappa shape index (κ1) is 30.0. The maximum atomic E-state index is 14.6. The van der Waals surface area contributed by atoms with E-state index in [-0.39, 0.29) is 30.2 Å². The quantitative estimate of drug-likeness (QED) is 0.271. The number of pyridine rings is 1. The molecule has 0 atom stereocenters. The van der Waals surface area contributed by atoms with Crippen LogP contribution in [0.4, 0.5) is 18.9 Å². The van der Waals surface area contributed by atoms with Crippen LogP contribution >= 0.6 is 11.3 Å². The lowest BCUT2D eigenvalue weighted by molar-refractivity contribution is -0.0566. The van der Waals surface area contributed by atoms with Crippen molar-refractivity contribution >= 4 is 37.9 Å². The molecule has 5 heterocycles. The van der Waals surface area contributed by atoms with E-state index in [4.69, 9.17) is 9.97 Å². The number of hydrogen-bond donors (Lipinski definition) is 1. The molecule has 1 N–H and O–H groups in total. The highest BCUT2D eigenvalue weighted by atomic mass is 32.2. The predicted octanol–water partition coefficient (Wildman–Crippen LogP) is 5.22. The Bertz CT molecular complexity index is 1700. The number of fused-ring (bicyclic) bond motifs is 1. The van der Waals surface area contributed by atoms with Gasteiger partial charge in [0.05, 0.1) is 29.4 Å². The van der Waals surface area contributed by atoms with Gasteiger partial charge in [0.1, 0.15) is 22.3 Å². The van der Waals surface area contributed by atoms with Crippen LogP contribution in [0.2, 0.25) is 0 Å². The van der Waals surface area contributed by atoms with Gasteiger partial charge in [0.2, 0.25) is 0 Å². The second-order valence-corrected chi connectivity index (χ2v) is 14.6. The molecule has 0 unspecified atom stereocenters. The van der Waals surface area contributed by atoms with Gasteiger partial charge in [-0.15, -0.1) is 11.3 Å². The average molecular weight is 633 g/mol. The number of piperidine rings is 1. The van der Waals surface area contributed by atoms with E-state index in [0.717, 1.165) is 35.3 Å². The molecule has 2 fully saturated rings. The van der Waals surface area contributed by atoms with E-state index in [1.165, 1.54) is 17.4 Å². The summed E-state index contributed by atoms with van der Waals surface area (Å²) in [4.78, 5) is 14.0. The van der Waals surface area contributed by atoms with Crippen molar-refractivity contribution in [2.24, 2.45) is 0 Å². The lowest BCUT2D eigenvalue weighted by Gasteiger charge is -2.30. The highest BCUT2D eigenvalue weighted by molar-refractivity contribution is 7.91. The number of nitrogens with one attached hydrogen (secondary N) is 1. The predicted molar refractivity (Wildman–Crippen MR) is 165 cm³/mol. The summed E-state index contributed by atoms with van der Waals surface area (Å²) in [5, 5.41) is 6.63. The number of nitrogens with zero attached hydrogens (tertiary/aromatic N) is 5. The van der Waals surface area contributed by atoms with Crippen LogP contribution < -0.4 is 5.32 Å². The Morgan fingerprint density at radius 3 is 2.51 bits per heavy atom. The molecule has 0 spiro atoms. The number of anilines is 1. The summed E-state index contributed by atoms with van der Waals surface area (Å²) in [6, 6.07) is 8.91. The van der Waals surface area contributed by atoms with Crippen molar-refractivity contribution in [2.45, 2.75) is 38.2 Å². The number of rotatable bonds is 9. The zero-order chi connectivity index (χ0) is 30.2. The summed E-state index contributed by atoms with van der Waals surface area (Å²) >= 11 is 1.50. The van der Waals surface area contributed by atoms with E-state index in [1.54, 1.807) is 13.1 Å². The zero-order valence-corrected chi connectivity index (χ0v) is 25.7. The van der Waals surface area contributed by atoms with Crippen molar-refractivity contribution in [1.29, 1.82) is 0 Å². The number of halogens is 3. The Morgan fingerprint density at radius 1 is 1.02 bits per heavy atom. The first-order valence-corrected chi connectivity index (χ1v) is 17.3. The third kappa shape index (κ3) is 6.89. The highest BCUT2D eigenvalue weighted by Gasteiger charge is 2.34. The van der Waals surface area contributed by atoms with Crippen LogP contribution in [0.1, 0.15) is 29.8 Å². The summed E-state index contributed by atoms with van der Waals surface area (Å²) in [5.74, 6) is -1.82. The van der Waals surface area contributed by atoms with Crippen LogP contribution in [0.15, 0.2) is 41.9 Å². The van der Waals surface area contributed by atoms with Crippen molar-refractivity contribution in [3.63, 3.8) is 0 Å². The summed E-state index contributed by atoms with van der Waals surface area (Å²) in [5.41, 5.74) is 3.52. The molecule has 8 nitrogen and oxygen atoms in total. The van der Waals surface area contributed by atoms with Gasteiger partial charge in [0, 0.05) is 68.6 Å². The van der Waals surface area contributed by atoms with Crippen LogP contribution in [-0.4, -0.2) is 90.0 Å². The molecule has 6 rings (SSSR count). The summed E-state index contributed by atoms with van der Waals surface area (Å²) in [6.07, 6.45) is 3.42. The van der Waals surface area contributed by atoms with Gasteiger partial charge in [0.15, 0.2) is 9.84 Å². The Morgan fingerprint density at radius 2 is 1.79 bits per heavy atom. The van der Waals surface area contributed by atoms with E-state index in [0.29, 0.717) is 61.1 Å². The maximum absolute atomic E-state index is 14.6. The van der Waals surface area contributed by atoms with Crippen LogP contribution in [0.25, 0.3) is 28.1 Å². The van der Waals surface area contributed by atoms with Gasteiger partial charge in [-0.25, -0.2) is 31.6 Å². The maximum Gasteiger partial charge on any atom is 0.250 e. The van der Waals surface area contributed by atoms with E-state index in [1.807, 2.05) is 39.2 Å². The minimum atomic E-state index is -2.92. The van der Waals surface area contributed by atoms with Crippen molar-refractivity contribution in [3.05, 3.63) is 58.3 Å². The number of sulfone groups is 1. The monoisotopic (exact) mass is 632 g/mol. The summed E-state index contributed by atoms with van der Waals surface area (Å²) in [7, 11) is -1.24. The number of thiazole rings is 1. The second kappa shape index (κ2) is 12.2. The molecule has 0 aliphatic carbocycles. The van der Waals surface area contributed by atoms with Crippen LogP contribution in [0, 0.1) is 5.82 Å². The molecule has 0 bridgehead atoms. The second-order valence-electron chi connectivity index (χ2n) is 11.4. The average Bonchev–Trinajstić information content (AvgIpc) is 3.59. The molecule has 2 aliphatic heterocycles. The summed E-state index contributed by atoms with van der Waals surface area (Å²) in [6.45, 7) is 3.14. The number of alkyl halides is 2. The molecule has 13 heteroatoms. The molecule has 0 radical (unpaired) electrons. The molecule has 2 aliphatic rings. The smallest absolute Gasteiger partial charge is 0.250 e. The van der Waals surface area contributed by atoms with Crippen LogP contribution in [0.3, 0.4) is 0 Å². The molecular formula is C30H35F3N6O2S2. The lowest BCUT2D eigenvalue weighted by Crippen LogP contribution is -2.40. The van der Waals surface area contributed by atoms with E-state index < -0.39 is 15.8 Å². The van der Waals surface area contributed by atoms with Crippen molar-refractivity contribution in [1.82, 2.24) is 24.3 Å². The molecular weight excluding hydrogens is 597 g/mol. The molecule has 1 aromatic carbocycles. The standard InChI is InChI=1S/C30H35F3N6O2S2/c1-34-26-6-4-21(17-24(26)31)25-7-5-23-22(3-2-10-37-13-15-43(40,41)16-14-37)18-39(29(23)35-25)27-20-42-28(36-27)19-38-11-8-30(32,33)9-12-38/h4-7,17-18,20,34H,2-3,8-16,19H2,1H3. The molecule has 230 valence electrons.